The molecule has 5 N–H and O–H groups in total. The Morgan fingerprint density at radius 2 is 1.56 bits per heavy atom. The normalized spacial score (nSPS) is 12.5. The van der Waals surface area contributed by atoms with Crippen LogP contribution in [0.15, 0.2) is 30.3 Å². The van der Waals surface area contributed by atoms with Crippen molar-refractivity contribution in [2.75, 3.05) is 6.54 Å². The van der Waals surface area contributed by atoms with E-state index in [4.69, 9.17) is 14.6 Å². The van der Waals surface area contributed by atoms with E-state index in [-0.39, 0.29) is 26.0 Å². The van der Waals surface area contributed by atoms with Crippen LogP contribution in [-0.4, -0.2) is 64.5 Å². The number of carboxylic acid groups (broad SMARTS) is 2. The molecule has 0 radical (unpaired) electrons. The molecule has 12 heteroatoms. The SMILES string of the molecule is CC(C)(C)OC(=O)NCCCC[C@H](NC(=O)OCc1ccccc1)C(=O)N[C@@H](CCC(=O)O)C(=O)O. The number of carbonyl (C=O) groups excluding carboxylic acids is 3. The van der Waals surface area contributed by atoms with Gasteiger partial charge < -0.3 is 35.6 Å². The average Bonchev–Trinajstić information content (AvgIpc) is 2.78. The molecule has 0 aromatic heterocycles. The van der Waals surface area contributed by atoms with Crippen LogP contribution in [0.4, 0.5) is 9.59 Å². The molecule has 0 aliphatic rings. The second-order valence-corrected chi connectivity index (χ2v) is 9.01. The Hall–Kier alpha value is -3.83. The second kappa shape index (κ2) is 15.2. The molecule has 1 aromatic carbocycles. The van der Waals surface area contributed by atoms with Gasteiger partial charge in [0.05, 0.1) is 0 Å². The van der Waals surface area contributed by atoms with Crippen molar-refractivity contribution in [1.29, 1.82) is 0 Å². The lowest BCUT2D eigenvalue weighted by atomic mass is 10.1. The van der Waals surface area contributed by atoms with Gasteiger partial charge in [-0.1, -0.05) is 30.3 Å². The van der Waals surface area contributed by atoms with Gasteiger partial charge in [-0.2, -0.15) is 0 Å². The van der Waals surface area contributed by atoms with Gasteiger partial charge in [-0.05, 0) is 52.0 Å². The van der Waals surface area contributed by atoms with Crippen molar-refractivity contribution in [2.24, 2.45) is 0 Å². The van der Waals surface area contributed by atoms with E-state index in [9.17, 15) is 29.1 Å². The van der Waals surface area contributed by atoms with E-state index in [1.807, 2.05) is 6.07 Å². The van der Waals surface area contributed by atoms with Crippen molar-refractivity contribution in [3.05, 3.63) is 35.9 Å². The molecule has 12 nitrogen and oxygen atoms in total. The Kier molecular flexibility index (Phi) is 12.8. The van der Waals surface area contributed by atoms with E-state index in [0.29, 0.717) is 12.8 Å². The fourth-order valence-electron chi connectivity index (χ4n) is 2.95. The summed E-state index contributed by atoms with van der Waals surface area (Å²) in [6, 6.07) is 6.31. The highest BCUT2D eigenvalue weighted by Gasteiger charge is 2.27. The number of alkyl carbamates (subject to hydrolysis) is 2. The Morgan fingerprint density at radius 3 is 2.14 bits per heavy atom. The molecule has 2 atom stereocenters. The molecule has 0 saturated carbocycles. The first-order valence-electron chi connectivity index (χ1n) is 11.6. The summed E-state index contributed by atoms with van der Waals surface area (Å²) < 4.78 is 10.3. The smallest absolute Gasteiger partial charge is 0.408 e. The number of hydrogen-bond donors (Lipinski definition) is 5. The molecule has 0 saturated heterocycles. The third-order valence-corrected chi connectivity index (χ3v) is 4.67. The molecule has 0 aliphatic carbocycles. The third kappa shape index (κ3) is 13.8. The summed E-state index contributed by atoms with van der Waals surface area (Å²) in [6.45, 7) is 5.44. The van der Waals surface area contributed by atoms with E-state index in [1.54, 1.807) is 45.0 Å². The molecule has 1 rings (SSSR count). The van der Waals surface area contributed by atoms with Crippen molar-refractivity contribution in [3.63, 3.8) is 0 Å². The molecule has 0 unspecified atom stereocenters. The molecule has 0 spiro atoms. The van der Waals surface area contributed by atoms with E-state index in [1.165, 1.54) is 0 Å². The van der Waals surface area contributed by atoms with Crippen LogP contribution in [0.5, 0.6) is 0 Å². The molecule has 0 bridgehead atoms. The van der Waals surface area contributed by atoms with Gasteiger partial charge in [-0.15, -0.1) is 0 Å². The maximum Gasteiger partial charge on any atom is 0.408 e. The van der Waals surface area contributed by atoms with Crippen molar-refractivity contribution in [1.82, 2.24) is 16.0 Å². The van der Waals surface area contributed by atoms with Crippen LogP contribution in [0.25, 0.3) is 0 Å². The van der Waals surface area contributed by atoms with Crippen molar-refractivity contribution in [2.45, 2.75) is 77.2 Å². The van der Waals surface area contributed by atoms with Gasteiger partial charge in [0.25, 0.3) is 0 Å². The minimum Gasteiger partial charge on any atom is -0.481 e. The van der Waals surface area contributed by atoms with Gasteiger partial charge in [0, 0.05) is 13.0 Å². The number of unbranched alkanes of at least 4 members (excludes halogenated alkanes) is 1. The number of carbonyl (C=O) groups is 5. The third-order valence-electron chi connectivity index (χ3n) is 4.67. The topological polar surface area (TPSA) is 180 Å². The number of aliphatic carboxylic acids is 2. The summed E-state index contributed by atoms with van der Waals surface area (Å²) >= 11 is 0. The maximum absolute atomic E-state index is 12.8. The predicted octanol–water partition coefficient (Wildman–Crippen LogP) is 2.41. The molecule has 0 heterocycles. The van der Waals surface area contributed by atoms with Crippen molar-refractivity contribution < 1.29 is 43.7 Å². The summed E-state index contributed by atoms with van der Waals surface area (Å²) in [6.07, 6.45) is -1.27. The lowest BCUT2D eigenvalue weighted by Gasteiger charge is -2.21. The Morgan fingerprint density at radius 1 is 0.889 bits per heavy atom. The van der Waals surface area contributed by atoms with E-state index in [0.717, 1.165) is 5.56 Å². The fraction of sp³-hybridized carbons (Fsp3) is 0.542. The van der Waals surface area contributed by atoms with Gasteiger partial charge in [0.2, 0.25) is 5.91 Å². The Labute approximate surface area is 209 Å². The maximum atomic E-state index is 12.8. The summed E-state index contributed by atoms with van der Waals surface area (Å²) in [5, 5.41) is 25.4. The number of rotatable bonds is 14. The van der Waals surface area contributed by atoms with E-state index < -0.39 is 54.1 Å². The lowest BCUT2D eigenvalue weighted by Crippen LogP contribution is -2.51. The number of carboxylic acids is 2. The zero-order valence-electron chi connectivity index (χ0n) is 20.7. The Bertz CT molecular complexity index is 885. The highest BCUT2D eigenvalue weighted by atomic mass is 16.6. The van der Waals surface area contributed by atoms with Gasteiger partial charge in [0.15, 0.2) is 0 Å². The summed E-state index contributed by atoms with van der Waals surface area (Å²) in [5.41, 5.74) is 0.0972. The van der Waals surface area contributed by atoms with Crippen LogP contribution < -0.4 is 16.0 Å². The van der Waals surface area contributed by atoms with E-state index >= 15 is 0 Å². The zero-order valence-corrected chi connectivity index (χ0v) is 20.7. The summed E-state index contributed by atoms with van der Waals surface area (Å²) in [5.74, 6) is -3.38. The number of benzene rings is 1. The first-order valence-corrected chi connectivity index (χ1v) is 11.6. The lowest BCUT2D eigenvalue weighted by molar-refractivity contribution is -0.143. The number of nitrogens with one attached hydrogen (secondary N) is 3. The monoisotopic (exact) mass is 509 g/mol. The first kappa shape index (κ1) is 30.2. The molecule has 0 aliphatic heterocycles. The molecule has 36 heavy (non-hydrogen) atoms. The van der Waals surface area contributed by atoms with Crippen molar-refractivity contribution >= 4 is 30.0 Å². The van der Waals surface area contributed by atoms with Crippen LogP contribution in [0.3, 0.4) is 0 Å². The molecule has 0 fully saturated rings. The minimum absolute atomic E-state index is 0.0306. The fourth-order valence-corrected chi connectivity index (χ4v) is 2.95. The zero-order chi connectivity index (χ0) is 27.1. The van der Waals surface area contributed by atoms with Crippen LogP contribution in [0.1, 0.15) is 58.4 Å². The van der Waals surface area contributed by atoms with Gasteiger partial charge in [0.1, 0.15) is 24.3 Å². The molecule has 200 valence electrons. The summed E-state index contributed by atoms with van der Waals surface area (Å²) in [4.78, 5) is 59.0. The van der Waals surface area contributed by atoms with E-state index in [2.05, 4.69) is 16.0 Å². The second-order valence-electron chi connectivity index (χ2n) is 9.01. The highest BCUT2D eigenvalue weighted by Crippen LogP contribution is 2.08. The van der Waals surface area contributed by atoms with Crippen LogP contribution >= 0.6 is 0 Å². The number of hydrogen-bond acceptors (Lipinski definition) is 7. The van der Waals surface area contributed by atoms with Gasteiger partial charge in [-0.25, -0.2) is 14.4 Å². The molecular weight excluding hydrogens is 474 g/mol. The van der Waals surface area contributed by atoms with Crippen LogP contribution in [-0.2, 0) is 30.5 Å². The standard InChI is InChI=1S/C24H35N3O9/c1-24(2,3)36-22(33)25-14-8-7-11-17(20(30)26-18(21(31)32)12-13-19(28)29)27-23(34)35-15-16-9-5-4-6-10-16/h4-6,9-10,17-18H,7-8,11-15H2,1-3H3,(H,25,33)(H,26,30)(H,27,34)(H,28,29)(H,31,32)/t17-,18-/m0/s1. The Balaban J connectivity index is 2.69. The van der Waals surface area contributed by atoms with Gasteiger partial charge >= 0.3 is 24.1 Å². The number of amides is 3. The minimum atomic E-state index is -1.44. The average molecular weight is 510 g/mol. The number of ether oxygens (including phenoxy) is 2. The van der Waals surface area contributed by atoms with Crippen molar-refractivity contribution in [3.8, 4) is 0 Å². The van der Waals surface area contributed by atoms with Gasteiger partial charge in [-0.3, -0.25) is 9.59 Å². The van der Waals surface area contributed by atoms with Crippen LogP contribution in [0, 0.1) is 0 Å². The molecule has 1 aromatic rings. The predicted molar refractivity (Wildman–Crippen MR) is 128 cm³/mol. The largest absolute Gasteiger partial charge is 0.481 e. The quantitative estimate of drug-likeness (QED) is 0.235. The van der Waals surface area contributed by atoms with Crippen LogP contribution in [0.2, 0.25) is 0 Å². The highest BCUT2D eigenvalue weighted by molar-refractivity contribution is 5.89. The summed E-state index contributed by atoms with van der Waals surface area (Å²) in [7, 11) is 0. The molecule has 3 amide bonds. The molecular formula is C24H35N3O9. The first-order chi connectivity index (χ1) is 16.9.